The molecule has 2 rings (SSSR count). The number of rotatable bonds is 3. The molecular weight excluding hydrogens is 383 g/mol. The van der Waals surface area contributed by atoms with E-state index >= 15 is 0 Å². The van der Waals surface area contributed by atoms with Gasteiger partial charge >= 0.3 is 0 Å². The van der Waals surface area contributed by atoms with Crippen molar-refractivity contribution in [1.82, 2.24) is 0 Å². The quantitative estimate of drug-likeness (QED) is 0.548. The lowest BCUT2D eigenvalue weighted by atomic mass is 10.1. The maximum Gasteiger partial charge on any atom is 0.107 e. The molecule has 1 unspecified atom stereocenters. The number of hydrogen-bond donors (Lipinski definition) is 0. The molecule has 2 aromatic rings. The van der Waals surface area contributed by atoms with E-state index in [1.54, 1.807) is 11.3 Å². The van der Waals surface area contributed by atoms with Crippen LogP contribution in [0.25, 0.3) is 0 Å². The Hall–Kier alpha value is 0.170. The van der Waals surface area contributed by atoms with Gasteiger partial charge in [0, 0.05) is 9.35 Å². The highest BCUT2D eigenvalue weighted by Gasteiger charge is 2.13. The molecule has 0 saturated carbocycles. The number of aryl methyl sites for hydroxylation is 1. The van der Waals surface area contributed by atoms with Gasteiger partial charge in [-0.3, -0.25) is 0 Å². The molecule has 0 aliphatic rings. The van der Waals surface area contributed by atoms with E-state index < -0.39 is 0 Å². The fraction of sp³-hybridized carbons (Fsp3) is 0.231. The zero-order chi connectivity index (χ0) is 12.4. The minimum Gasteiger partial charge on any atom is -0.126 e. The number of thiophene rings is 1. The van der Waals surface area contributed by atoms with E-state index in [1.165, 1.54) is 16.0 Å². The summed E-state index contributed by atoms with van der Waals surface area (Å²) in [6.07, 6.45) is 0.977. The van der Waals surface area contributed by atoms with Gasteiger partial charge in [-0.2, -0.15) is 0 Å². The number of benzene rings is 1. The first-order valence-electron chi connectivity index (χ1n) is 5.20. The van der Waals surface area contributed by atoms with Crippen LogP contribution in [0.3, 0.4) is 0 Å². The van der Waals surface area contributed by atoms with Crippen LogP contribution >= 0.6 is 54.8 Å². The zero-order valence-corrected chi connectivity index (χ0v) is 14.0. The van der Waals surface area contributed by atoms with Crippen molar-refractivity contribution >= 4 is 54.8 Å². The summed E-state index contributed by atoms with van der Waals surface area (Å²) in [6.45, 7) is 2.12. The van der Waals surface area contributed by atoms with Crippen LogP contribution in [0.1, 0.15) is 20.8 Å². The SMILES string of the molecule is Cc1cccc(CC(Br)c2cc(Br)c(Cl)s2)c1. The molecule has 1 aromatic carbocycles. The Morgan fingerprint density at radius 2 is 2.12 bits per heavy atom. The van der Waals surface area contributed by atoms with Crippen LogP contribution in [0.4, 0.5) is 0 Å². The maximum absolute atomic E-state index is 6.05. The van der Waals surface area contributed by atoms with Crippen LogP contribution in [0.5, 0.6) is 0 Å². The average molecular weight is 395 g/mol. The van der Waals surface area contributed by atoms with Gasteiger partial charge in [-0.05, 0) is 40.9 Å². The second kappa shape index (κ2) is 5.87. The highest BCUT2D eigenvalue weighted by Crippen LogP contribution is 2.39. The van der Waals surface area contributed by atoms with E-state index in [9.17, 15) is 0 Å². The summed E-state index contributed by atoms with van der Waals surface area (Å²) < 4.78 is 1.79. The molecule has 0 radical (unpaired) electrons. The van der Waals surface area contributed by atoms with Crippen molar-refractivity contribution in [3.05, 3.63) is 55.1 Å². The smallest absolute Gasteiger partial charge is 0.107 e. The van der Waals surface area contributed by atoms with E-state index in [2.05, 4.69) is 69.1 Å². The van der Waals surface area contributed by atoms with Gasteiger partial charge in [-0.15, -0.1) is 11.3 Å². The molecule has 0 nitrogen and oxygen atoms in total. The second-order valence-corrected chi connectivity index (χ2v) is 7.58. The van der Waals surface area contributed by atoms with Gasteiger partial charge in [-0.25, -0.2) is 0 Å². The molecule has 0 spiro atoms. The fourth-order valence-electron chi connectivity index (χ4n) is 1.66. The topological polar surface area (TPSA) is 0 Å². The summed E-state index contributed by atoms with van der Waals surface area (Å²) in [5.74, 6) is 0. The number of alkyl halides is 1. The first-order chi connectivity index (χ1) is 8.06. The summed E-state index contributed by atoms with van der Waals surface area (Å²) in [6, 6.07) is 10.7. The van der Waals surface area contributed by atoms with Gasteiger partial charge < -0.3 is 0 Å². The minimum atomic E-state index is 0.318. The Morgan fingerprint density at radius 3 is 2.71 bits per heavy atom. The Morgan fingerprint density at radius 1 is 1.35 bits per heavy atom. The maximum atomic E-state index is 6.05. The predicted octanol–water partition coefficient (Wildman–Crippen LogP) is 6.15. The molecule has 0 bridgehead atoms. The molecule has 1 heterocycles. The van der Waals surface area contributed by atoms with Crippen molar-refractivity contribution in [2.24, 2.45) is 0 Å². The zero-order valence-electron chi connectivity index (χ0n) is 9.21. The van der Waals surface area contributed by atoms with Crippen LogP contribution in [0, 0.1) is 6.92 Å². The standard InChI is InChI=1S/C13H11Br2ClS/c1-8-3-2-4-9(5-8)6-10(14)12-7-11(15)13(16)17-12/h2-5,7,10H,6H2,1H3. The van der Waals surface area contributed by atoms with Crippen molar-refractivity contribution < 1.29 is 0 Å². The molecule has 4 heteroatoms. The summed E-state index contributed by atoms with van der Waals surface area (Å²) >= 11 is 14.8. The molecule has 17 heavy (non-hydrogen) atoms. The third-order valence-corrected chi connectivity index (χ3v) is 6.18. The molecule has 1 atom stereocenters. The Labute approximate surface area is 127 Å². The van der Waals surface area contributed by atoms with Gasteiger partial charge in [0.25, 0.3) is 0 Å². The van der Waals surface area contributed by atoms with Crippen molar-refractivity contribution in [3.8, 4) is 0 Å². The third kappa shape index (κ3) is 3.57. The first kappa shape index (κ1) is 13.6. The van der Waals surface area contributed by atoms with E-state index in [-0.39, 0.29) is 0 Å². The molecule has 0 amide bonds. The van der Waals surface area contributed by atoms with Crippen LogP contribution in [-0.2, 0) is 6.42 Å². The highest BCUT2D eigenvalue weighted by atomic mass is 79.9. The minimum absolute atomic E-state index is 0.318. The molecule has 1 aromatic heterocycles. The highest BCUT2D eigenvalue weighted by molar-refractivity contribution is 9.10. The van der Waals surface area contributed by atoms with Crippen LogP contribution in [0.15, 0.2) is 34.8 Å². The monoisotopic (exact) mass is 392 g/mol. The lowest BCUT2D eigenvalue weighted by molar-refractivity contribution is 0.967. The van der Waals surface area contributed by atoms with Gasteiger partial charge in [0.2, 0.25) is 0 Å². The van der Waals surface area contributed by atoms with E-state index in [0.717, 1.165) is 15.2 Å². The van der Waals surface area contributed by atoms with Gasteiger partial charge in [0.05, 0.1) is 4.83 Å². The van der Waals surface area contributed by atoms with E-state index in [0.29, 0.717) is 4.83 Å². The van der Waals surface area contributed by atoms with Crippen molar-refractivity contribution in [1.29, 1.82) is 0 Å². The Balaban J connectivity index is 2.14. The summed E-state index contributed by atoms with van der Waals surface area (Å²) in [4.78, 5) is 1.57. The van der Waals surface area contributed by atoms with Crippen molar-refractivity contribution in [3.63, 3.8) is 0 Å². The largest absolute Gasteiger partial charge is 0.126 e. The number of hydrogen-bond acceptors (Lipinski definition) is 1. The third-order valence-electron chi connectivity index (χ3n) is 2.47. The van der Waals surface area contributed by atoms with E-state index in [1.807, 2.05) is 0 Å². The first-order valence-corrected chi connectivity index (χ1v) is 8.11. The molecule has 0 aliphatic carbocycles. The molecule has 0 aliphatic heterocycles. The second-order valence-electron chi connectivity index (χ2n) is 3.93. The lowest BCUT2D eigenvalue weighted by Gasteiger charge is -2.08. The Bertz CT molecular complexity index is 502. The molecule has 90 valence electrons. The van der Waals surface area contributed by atoms with Crippen LogP contribution in [-0.4, -0.2) is 0 Å². The van der Waals surface area contributed by atoms with Crippen molar-refractivity contribution in [2.75, 3.05) is 0 Å². The predicted molar refractivity (Wildman–Crippen MR) is 83.6 cm³/mol. The van der Waals surface area contributed by atoms with Crippen LogP contribution in [0.2, 0.25) is 4.34 Å². The fourth-order valence-corrected chi connectivity index (χ4v) is 4.16. The molecular formula is C13H11Br2ClS. The van der Waals surface area contributed by atoms with Gasteiger partial charge in [0.15, 0.2) is 0 Å². The van der Waals surface area contributed by atoms with Crippen molar-refractivity contribution in [2.45, 2.75) is 18.2 Å². The van der Waals surface area contributed by atoms with E-state index in [4.69, 9.17) is 11.6 Å². The molecule has 0 N–H and O–H groups in total. The molecule has 0 fully saturated rings. The number of halogens is 3. The van der Waals surface area contributed by atoms with Crippen LogP contribution < -0.4 is 0 Å². The summed E-state index contributed by atoms with van der Waals surface area (Å²) in [5.41, 5.74) is 2.64. The van der Waals surface area contributed by atoms with Gasteiger partial charge in [-0.1, -0.05) is 57.4 Å². The Kier molecular flexibility index (Phi) is 4.70. The van der Waals surface area contributed by atoms with Gasteiger partial charge in [0.1, 0.15) is 4.34 Å². The lowest BCUT2D eigenvalue weighted by Crippen LogP contribution is -1.93. The average Bonchev–Trinajstić information content (AvgIpc) is 2.59. The summed E-state index contributed by atoms with van der Waals surface area (Å²) in [5, 5.41) is 0. The summed E-state index contributed by atoms with van der Waals surface area (Å²) in [7, 11) is 0. The molecule has 0 saturated heterocycles. The normalized spacial score (nSPS) is 12.7.